The quantitative estimate of drug-likeness (QED) is 0.00922. The number of ketones is 1. The van der Waals surface area contributed by atoms with Crippen LogP contribution in [0.25, 0.3) is 0 Å². The number of rotatable bonds is 70. The van der Waals surface area contributed by atoms with Crippen molar-refractivity contribution in [1.29, 1.82) is 0 Å². The summed E-state index contributed by atoms with van der Waals surface area (Å²) in [5.41, 5.74) is 0. The molecule has 0 saturated carbocycles. The second kappa shape index (κ2) is 63.3. The molecule has 0 fully saturated rings. The molecular formula is C69H132N4O19P2. The lowest BCUT2D eigenvalue weighted by Gasteiger charge is -2.23. The van der Waals surface area contributed by atoms with Crippen LogP contribution in [0.4, 0.5) is 0 Å². The summed E-state index contributed by atoms with van der Waals surface area (Å²) in [6.07, 6.45) is 36.4. The number of carbonyl (C=O) groups is 6. The molecule has 0 saturated heterocycles. The molecule has 0 aliphatic heterocycles. The molecule has 0 aromatic carbocycles. The van der Waals surface area contributed by atoms with Crippen LogP contribution in [-0.2, 0) is 70.2 Å². The molecule has 7 atom stereocenters. The van der Waals surface area contributed by atoms with Gasteiger partial charge in [0.2, 0.25) is 23.6 Å². The maximum Gasteiger partial charge on any atom is 0.472 e. The Bertz CT molecular complexity index is 2030. The van der Waals surface area contributed by atoms with Gasteiger partial charge in [-0.2, -0.15) is 0 Å². The molecule has 0 aromatic rings. The van der Waals surface area contributed by atoms with Gasteiger partial charge in [-0.3, -0.25) is 46.9 Å². The van der Waals surface area contributed by atoms with Crippen LogP contribution in [0, 0.1) is 0 Å². The van der Waals surface area contributed by atoms with E-state index in [0.29, 0.717) is 44.9 Å². The van der Waals surface area contributed by atoms with E-state index in [2.05, 4.69) is 68.0 Å². The van der Waals surface area contributed by atoms with Crippen LogP contribution >= 0.6 is 15.6 Å². The number of hydrogen-bond donors (Lipinski definition) is 8. The molecular weight excluding hydrogens is 1250 g/mol. The number of allylic oxidation sites excluding steroid dienone is 2. The monoisotopic (exact) mass is 1380 g/mol. The summed E-state index contributed by atoms with van der Waals surface area (Å²) in [4.78, 5) is 98.5. The predicted molar refractivity (Wildman–Crippen MR) is 369 cm³/mol. The van der Waals surface area contributed by atoms with Gasteiger partial charge < -0.3 is 55.5 Å². The zero-order chi connectivity index (χ0) is 69.6. The zero-order valence-corrected chi connectivity index (χ0v) is 60.7. The molecule has 94 heavy (non-hydrogen) atoms. The number of aliphatic hydroxyl groups is 2. The number of nitrogens with one attached hydrogen (secondary N) is 4. The topological polar surface area (TPSA) is 330 Å². The standard InChI is InChI=1S/C69H132N4O19P2/c1-6-11-16-21-23-25-27-32-36-41-63(76)52-67(79)72-59(55-86-48-44-61(74)39-34-29-18-13-8-3)57-90-93(82,83)88-50-46-70-65(77)54-66(78)71-47-51-89-94(84,85)91-58-60(56-87-49-45-62(75)40-35-30-19-14-9-4)73-68(80)53-64(42-37-31-20-15-10-5)92-69(81)43-38-33-28-26-24-22-17-12-7-2/h26,28,59-62,64,74-75H,6-25,27,29-58H2,1-5H3,(H,70,77)(H,71,78)(H,72,79)(H,73,80)(H,82,83)(H,84,85)/b28-26+/t59?,60?,61-,62-,64-/m1/s1. The molecule has 552 valence electrons. The minimum atomic E-state index is -4.79. The highest BCUT2D eigenvalue weighted by Gasteiger charge is 2.28. The van der Waals surface area contributed by atoms with Crippen LogP contribution in [-0.4, -0.2) is 152 Å². The highest BCUT2D eigenvalue weighted by atomic mass is 31.2. The Morgan fingerprint density at radius 1 is 0.404 bits per heavy atom. The van der Waals surface area contributed by atoms with Crippen molar-refractivity contribution < 1.29 is 90.2 Å². The minimum absolute atomic E-state index is 0.144. The van der Waals surface area contributed by atoms with E-state index in [-0.39, 0.29) is 77.0 Å². The van der Waals surface area contributed by atoms with Gasteiger partial charge in [0.05, 0.1) is 76.8 Å². The summed E-state index contributed by atoms with van der Waals surface area (Å²) < 4.78 is 63.9. The van der Waals surface area contributed by atoms with Gasteiger partial charge in [-0.15, -0.1) is 0 Å². The predicted octanol–water partition coefficient (Wildman–Crippen LogP) is 13.3. The van der Waals surface area contributed by atoms with Crippen LogP contribution in [0.3, 0.4) is 0 Å². The molecule has 4 unspecified atom stereocenters. The highest BCUT2D eigenvalue weighted by molar-refractivity contribution is 7.47. The van der Waals surface area contributed by atoms with E-state index in [9.17, 15) is 57.9 Å². The van der Waals surface area contributed by atoms with Crippen LogP contribution in [0.2, 0.25) is 0 Å². The number of unbranched alkanes of at least 4 members (excludes halogenated alkanes) is 25. The summed E-state index contributed by atoms with van der Waals surface area (Å²) in [6, 6.07) is -1.91. The SMILES string of the molecule is CCCCCC/C=C/CCCC(=O)O[C@H](CCCCCCC)CC(=O)NC(COCC[C@H](O)CCCCCCC)COP(=O)(O)OCCNC(=O)CC(=O)NCCOP(=O)(O)OCC(COCC[C@H](O)CCCCCCC)NC(=O)CC(=O)CCCCCCCCCCC. The number of Topliss-reactive ketones (excluding diaryl/α,β-unsaturated/α-hetero) is 1. The van der Waals surface area contributed by atoms with Crippen molar-refractivity contribution in [3.05, 3.63) is 12.2 Å². The van der Waals surface area contributed by atoms with Crippen LogP contribution in [0.5, 0.6) is 0 Å². The first-order chi connectivity index (χ1) is 45.3. The van der Waals surface area contributed by atoms with E-state index in [1.54, 1.807) is 0 Å². The lowest BCUT2D eigenvalue weighted by molar-refractivity contribution is -0.151. The fraction of sp³-hybridized carbons (Fsp3) is 0.884. The van der Waals surface area contributed by atoms with Gasteiger partial charge >= 0.3 is 21.6 Å². The Hall–Kier alpha value is -3.18. The molecule has 0 aliphatic carbocycles. The van der Waals surface area contributed by atoms with Gasteiger partial charge in [-0.25, -0.2) is 9.13 Å². The Balaban J connectivity index is 5.35. The van der Waals surface area contributed by atoms with Crippen molar-refractivity contribution in [3.8, 4) is 0 Å². The maximum atomic E-state index is 13.6. The second-order valence-corrected chi connectivity index (χ2v) is 28.0. The Morgan fingerprint density at radius 3 is 1.26 bits per heavy atom. The summed E-state index contributed by atoms with van der Waals surface area (Å²) in [5.74, 6) is -3.26. The average Bonchev–Trinajstić information content (AvgIpc) is 2.19. The first kappa shape index (κ1) is 90.8. The van der Waals surface area contributed by atoms with Gasteiger partial charge in [-0.1, -0.05) is 207 Å². The van der Waals surface area contributed by atoms with Crippen molar-refractivity contribution in [2.45, 2.75) is 328 Å². The fourth-order valence-corrected chi connectivity index (χ4v) is 11.7. The second-order valence-electron chi connectivity index (χ2n) is 25.1. The molecule has 0 heterocycles. The molecule has 4 amide bonds. The molecule has 25 heteroatoms. The molecule has 0 spiro atoms. The number of esters is 1. The van der Waals surface area contributed by atoms with Crippen molar-refractivity contribution >= 4 is 51.0 Å². The molecule has 0 aromatic heterocycles. The first-order valence-electron chi connectivity index (χ1n) is 36.5. The lowest BCUT2D eigenvalue weighted by Crippen LogP contribution is -2.43. The Morgan fingerprint density at radius 2 is 0.798 bits per heavy atom. The molecule has 0 bridgehead atoms. The van der Waals surface area contributed by atoms with E-state index < -0.39 is 103 Å². The van der Waals surface area contributed by atoms with Crippen LogP contribution in [0.15, 0.2) is 12.2 Å². The summed E-state index contributed by atoms with van der Waals surface area (Å²) >= 11 is 0. The largest absolute Gasteiger partial charge is 0.472 e. The van der Waals surface area contributed by atoms with E-state index in [1.807, 2.05) is 0 Å². The lowest BCUT2D eigenvalue weighted by atomic mass is 10.0. The zero-order valence-electron chi connectivity index (χ0n) is 58.9. The number of hydrogen-bond acceptors (Lipinski definition) is 17. The maximum absolute atomic E-state index is 13.6. The number of aliphatic hydroxyl groups excluding tert-OH is 2. The first-order valence-corrected chi connectivity index (χ1v) is 39.5. The number of phosphoric ester groups is 2. The molecule has 0 aliphatic rings. The molecule has 23 nitrogen and oxygen atoms in total. The summed E-state index contributed by atoms with van der Waals surface area (Å²) in [5, 5.41) is 31.2. The number of amides is 4. The number of ether oxygens (including phenoxy) is 3. The normalized spacial score (nSPS) is 14.6. The molecule has 0 radical (unpaired) electrons. The van der Waals surface area contributed by atoms with E-state index >= 15 is 0 Å². The van der Waals surface area contributed by atoms with Crippen molar-refractivity contribution in [3.63, 3.8) is 0 Å². The number of carbonyl (C=O) groups excluding carboxylic acids is 6. The fourth-order valence-electron chi connectivity index (χ4n) is 10.2. The summed E-state index contributed by atoms with van der Waals surface area (Å²) in [6.45, 7) is 8.06. The van der Waals surface area contributed by atoms with Crippen molar-refractivity contribution in [1.82, 2.24) is 21.3 Å². The summed E-state index contributed by atoms with van der Waals surface area (Å²) in [7, 11) is -9.56. The van der Waals surface area contributed by atoms with Gasteiger partial charge in [0.25, 0.3) is 0 Å². The molecule has 8 N–H and O–H groups in total. The van der Waals surface area contributed by atoms with Crippen LogP contribution in [0.1, 0.15) is 298 Å². The third-order valence-electron chi connectivity index (χ3n) is 15.8. The number of phosphoric acid groups is 2. The van der Waals surface area contributed by atoms with Gasteiger partial charge in [0, 0.05) is 39.1 Å². The van der Waals surface area contributed by atoms with Gasteiger partial charge in [0.15, 0.2) is 0 Å². The van der Waals surface area contributed by atoms with Gasteiger partial charge in [-0.05, 0) is 70.6 Å². The Labute approximate surface area is 566 Å². The van der Waals surface area contributed by atoms with E-state index in [0.717, 1.165) is 135 Å². The Kier molecular flexibility index (Phi) is 61.1. The highest BCUT2D eigenvalue weighted by Crippen LogP contribution is 2.43. The molecule has 0 rings (SSSR count). The van der Waals surface area contributed by atoms with Gasteiger partial charge in [0.1, 0.15) is 18.3 Å². The third-order valence-corrected chi connectivity index (χ3v) is 17.8. The smallest absolute Gasteiger partial charge is 0.462 e. The third kappa shape index (κ3) is 61.2. The van der Waals surface area contributed by atoms with Crippen molar-refractivity contribution in [2.75, 3.05) is 65.9 Å². The van der Waals surface area contributed by atoms with Crippen molar-refractivity contribution in [2.24, 2.45) is 0 Å². The van der Waals surface area contributed by atoms with Crippen LogP contribution < -0.4 is 21.3 Å². The van der Waals surface area contributed by atoms with E-state index in [1.165, 1.54) is 51.4 Å². The minimum Gasteiger partial charge on any atom is -0.462 e. The average molecular weight is 1380 g/mol. The van der Waals surface area contributed by atoms with E-state index in [4.69, 9.17) is 32.3 Å².